The van der Waals surface area contributed by atoms with E-state index < -0.39 is 5.41 Å². The van der Waals surface area contributed by atoms with Crippen LogP contribution in [0.25, 0.3) is 11.3 Å². The first-order valence-electron chi connectivity index (χ1n) is 13.3. The first kappa shape index (κ1) is 25.9. The van der Waals surface area contributed by atoms with Crippen LogP contribution in [0.5, 0.6) is 0 Å². The van der Waals surface area contributed by atoms with Crippen LogP contribution in [0.15, 0.2) is 36.2 Å². The van der Waals surface area contributed by atoms with E-state index in [-0.39, 0.29) is 23.6 Å². The highest BCUT2D eigenvalue weighted by molar-refractivity contribution is 6.13. The lowest BCUT2D eigenvalue weighted by Gasteiger charge is -2.32. The van der Waals surface area contributed by atoms with Crippen molar-refractivity contribution in [2.75, 3.05) is 50.0 Å². The third kappa shape index (κ3) is 5.70. The number of allylic oxidation sites excluding steroid dienone is 2. The number of amides is 1. The van der Waals surface area contributed by atoms with E-state index in [0.29, 0.717) is 39.1 Å². The summed E-state index contributed by atoms with van der Waals surface area (Å²) in [6.45, 7) is 7.91. The van der Waals surface area contributed by atoms with E-state index in [2.05, 4.69) is 26.7 Å². The van der Waals surface area contributed by atoms with Gasteiger partial charge in [0.25, 0.3) is 0 Å². The summed E-state index contributed by atoms with van der Waals surface area (Å²) in [7, 11) is 0. The molecule has 0 unspecified atom stereocenters. The predicted octanol–water partition coefficient (Wildman–Crippen LogP) is 2.86. The molecule has 3 fully saturated rings. The first-order valence-corrected chi connectivity index (χ1v) is 13.3. The van der Waals surface area contributed by atoms with E-state index in [9.17, 15) is 9.59 Å². The lowest BCUT2D eigenvalue weighted by Crippen LogP contribution is -2.44. The van der Waals surface area contributed by atoms with Crippen molar-refractivity contribution in [2.24, 2.45) is 11.3 Å². The van der Waals surface area contributed by atoms with Gasteiger partial charge in [0.1, 0.15) is 11.2 Å². The number of ether oxygens (including phenoxy) is 1. The number of aromatic nitrogens is 3. The van der Waals surface area contributed by atoms with E-state index in [1.54, 1.807) is 18.5 Å². The second kappa shape index (κ2) is 10.9. The Bertz CT molecular complexity index is 1290. The average molecular weight is 515 g/mol. The van der Waals surface area contributed by atoms with Crippen LogP contribution in [-0.2, 0) is 14.3 Å². The van der Waals surface area contributed by atoms with Gasteiger partial charge in [-0.1, -0.05) is 17.4 Å². The minimum atomic E-state index is -0.815. The van der Waals surface area contributed by atoms with E-state index in [0.717, 1.165) is 54.1 Å². The van der Waals surface area contributed by atoms with Crippen molar-refractivity contribution in [3.8, 4) is 23.1 Å². The van der Waals surface area contributed by atoms with E-state index in [4.69, 9.17) is 15.5 Å². The summed E-state index contributed by atoms with van der Waals surface area (Å²) in [5, 5.41) is 0. The molecule has 9 nitrogen and oxygen atoms in total. The van der Waals surface area contributed by atoms with Crippen LogP contribution in [0.2, 0.25) is 0 Å². The molecule has 1 amide bonds. The first-order chi connectivity index (χ1) is 18.3. The Morgan fingerprint density at radius 1 is 1.08 bits per heavy atom. The van der Waals surface area contributed by atoms with Gasteiger partial charge in [-0.3, -0.25) is 9.59 Å². The number of likely N-dealkylation sites (tertiary alicyclic amines) is 1. The second-order valence-corrected chi connectivity index (χ2v) is 10.5. The van der Waals surface area contributed by atoms with Crippen molar-refractivity contribution in [1.29, 1.82) is 0 Å². The molecule has 1 aliphatic carbocycles. The van der Waals surface area contributed by atoms with Crippen LogP contribution in [0, 0.1) is 23.2 Å². The van der Waals surface area contributed by atoms with Gasteiger partial charge in [-0.25, -0.2) is 15.0 Å². The third-order valence-corrected chi connectivity index (χ3v) is 7.37. The molecule has 2 aromatic heterocycles. The summed E-state index contributed by atoms with van der Waals surface area (Å²) >= 11 is 0. The minimum absolute atomic E-state index is 0.00828. The zero-order valence-corrected chi connectivity index (χ0v) is 22.1. The highest BCUT2D eigenvalue weighted by Crippen LogP contribution is 2.49. The van der Waals surface area contributed by atoms with E-state index in [1.165, 1.54) is 0 Å². The number of nitrogen functional groups attached to an aromatic ring is 1. The topological polar surface area (TPSA) is 115 Å². The van der Waals surface area contributed by atoms with Crippen LogP contribution in [-0.4, -0.2) is 70.9 Å². The normalized spacial score (nSPS) is 18.8. The van der Waals surface area contributed by atoms with Gasteiger partial charge in [-0.05, 0) is 57.7 Å². The molecule has 0 bridgehead atoms. The van der Waals surface area contributed by atoms with Gasteiger partial charge in [-0.2, -0.15) is 0 Å². The monoisotopic (exact) mass is 514 g/mol. The fraction of sp³-hybridized carbons (Fsp3) is 0.483. The molecule has 1 saturated carbocycles. The van der Waals surface area contributed by atoms with Crippen molar-refractivity contribution in [3.05, 3.63) is 41.7 Å². The van der Waals surface area contributed by atoms with Crippen LogP contribution in [0.1, 0.15) is 45.1 Å². The Labute approximate surface area is 223 Å². The lowest BCUT2D eigenvalue weighted by atomic mass is 9.93. The van der Waals surface area contributed by atoms with Gasteiger partial charge in [0, 0.05) is 55.6 Å². The predicted molar refractivity (Wildman–Crippen MR) is 145 cm³/mol. The van der Waals surface area contributed by atoms with Gasteiger partial charge in [0.2, 0.25) is 11.9 Å². The summed E-state index contributed by atoms with van der Waals surface area (Å²) in [6.07, 6.45) is 7.87. The summed E-state index contributed by atoms with van der Waals surface area (Å²) in [6, 6.07) is 3.97. The highest BCUT2D eigenvalue weighted by atomic mass is 16.5. The maximum atomic E-state index is 13.2. The Balaban J connectivity index is 1.29. The number of hydrogen-bond acceptors (Lipinski definition) is 8. The Morgan fingerprint density at radius 3 is 2.39 bits per heavy atom. The lowest BCUT2D eigenvalue weighted by molar-refractivity contribution is -0.142. The minimum Gasteiger partial charge on any atom is -0.378 e. The van der Waals surface area contributed by atoms with E-state index in [1.807, 2.05) is 30.9 Å². The van der Waals surface area contributed by atoms with E-state index >= 15 is 0 Å². The van der Waals surface area contributed by atoms with Crippen molar-refractivity contribution >= 4 is 23.5 Å². The number of rotatable bonds is 5. The smallest absolute Gasteiger partial charge is 0.236 e. The number of nitrogens with zero attached hydrogens (tertiary/aromatic N) is 5. The molecule has 0 atom stereocenters. The maximum absolute atomic E-state index is 13.2. The fourth-order valence-electron chi connectivity index (χ4n) is 4.97. The molecule has 2 saturated heterocycles. The summed E-state index contributed by atoms with van der Waals surface area (Å²) in [4.78, 5) is 43.0. The molecule has 9 heteroatoms. The van der Waals surface area contributed by atoms with Crippen LogP contribution >= 0.6 is 0 Å². The van der Waals surface area contributed by atoms with Gasteiger partial charge < -0.3 is 20.3 Å². The number of nitrogens with two attached hydrogens (primary N) is 1. The van der Waals surface area contributed by atoms with Gasteiger partial charge >= 0.3 is 0 Å². The molecule has 2 aromatic rings. The van der Waals surface area contributed by atoms with Crippen molar-refractivity contribution in [3.63, 3.8) is 0 Å². The quantitative estimate of drug-likeness (QED) is 0.368. The number of anilines is 2. The molecular formula is C29H34N6O3. The molecule has 0 spiro atoms. The molecule has 2 aliphatic heterocycles. The molecule has 0 radical (unpaired) electrons. The van der Waals surface area contributed by atoms with Crippen molar-refractivity contribution < 1.29 is 14.3 Å². The number of morpholine rings is 1. The maximum Gasteiger partial charge on any atom is 0.236 e. The summed E-state index contributed by atoms with van der Waals surface area (Å²) < 4.78 is 5.51. The molecular weight excluding hydrogens is 480 g/mol. The Hall–Kier alpha value is -3.77. The molecule has 5 rings (SSSR count). The molecule has 3 aliphatic rings. The number of carbonyl (C=O) groups is 2. The van der Waals surface area contributed by atoms with Crippen LogP contribution in [0.3, 0.4) is 0 Å². The third-order valence-electron chi connectivity index (χ3n) is 7.37. The number of ketones is 1. The summed E-state index contributed by atoms with van der Waals surface area (Å²) in [5.74, 6) is 8.00. The molecule has 4 heterocycles. The standard InChI is InChI=1S/C29H34N6O3/c1-20(2)15-25(36)29(7-8-29)27(37)35-9-5-21(6-10-35)3-4-22-16-24(23-18-31-28(30)32-19-23)33-26(17-22)34-11-13-38-14-12-34/h15-19,21H,5-14H2,1-2H3,(H2,30,31,32). The van der Waals surface area contributed by atoms with Crippen molar-refractivity contribution in [2.45, 2.75) is 39.5 Å². The zero-order valence-electron chi connectivity index (χ0n) is 22.1. The second-order valence-electron chi connectivity index (χ2n) is 10.5. The van der Waals surface area contributed by atoms with Crippen LogP contribution < -0.4 is 10.6 Å². The number of pyridine rings is 1. The largest absolute Gasteiger partial charge is 0.378 e. The van der Waals surface area contributed by atoms with Gasteiger partial charge in [0.05, 0.1) is 18.9 Å². The number of carbonyl (C=O) groups excluding carboxylic acids is 2. The SMILES string of the molecule is CC(C)=CC(=O)C1(C(=O)N2CCC(C#Cc3cc(-c4cnc(N)nc4)nc(N4CCOCC4)c3)CC2)CC1. The molecule has 2 N–H and O–H groups in total. The summed E-state index contributed by atoms with van der Waals surface area (Å²) in [5.41, 5.74) is 8.18. The number of piperidine rings is 1. The van der Waals surface area contributed by atoms with Crippen LogP contribution in [0.4, 0.5) is 11.8 Å². The van der Waals surface area contributed by atoms with Crippen molar-refractivity contribution in [1.82, 2.24) is 19.9 Å². The fourth-order valence-corrected chi connectivity index (χ4v) is 4.97. The van der Waals surface area contributed by atoms with Gasteiger partial charge in [-0.15, -0.1) is 0 Å². The van der Waals surface area contributed by atoms with Gasteiger partial charge in [0.15, 0.2) is 5.78 Å². The highest BCUT2D eigenvalue weighted by Gasteiger charge is 2.56. The average Bonchev–Trinajstić information content (AvgIpc) is 3.75. The number of hydrogen-bond donors (Lipinski definition) is 1. The Morgan fingerprint density at radius 2 is 1.76 bits per heavy atom. The zero-order chi connectivity index (χ0) is 26.7. The molecule has 198 valence electrons. The molecule has 0 aromatic carbocycles. The molecule has 38 heavy (non-hydrogen) atoms. The Kier molecular flexibility index (Phi) is 7.43.